The Labute approximate surface area is 288 Å². The van der Waals surface area contributed by atoms with Gasteiger partial charge < -0.3 is 23.9 Å². The van der Waals surface area contributed by atoms with Gasteiger partial charge in [0, 0.05) is 69.0 Å². The first-order valence-electron chi connectivity index (χ1n) is 16.6. The number of likely N-dealkylation sites (tertiary alicyclic amines) is 1. The third-order valence-electron chi connectivity index (χ3n) is 8.27. The molecule has 50 heavy (non-hydrogen) atoms. The van der Waals surface area contributed by atoms with Crippen LogP contribution in [0.1, 0.15) is 75.9 Å². The second kappa shape index (κ2) is 14.2. The average Bonchev–Trinajstić information content (AvgIpc) is 3.30. The van der Waals surface area contributed by atoms with Crippen LogP contribution >= 0.6 is 0 Å². The van der Waals surface area contributed by atoms with Crippen molar-refractivity contribution in [3.63, 3.8) is 0 Å². The van der Waals surface area contributed by atoms with E-state index in [2.05, 4.69) is 15.3 Å². The highest BCUT2D eigenvalue weighted by Crippen LogP contribution is 2.39. The molecule has 2 N–H and O–H groups in total. The summed E-state index contributed by atoms with van der Waals surface area (Å²) >= 11 is 0. The van der Waals surface area contributed by atoms with Crippen LogP contribution in [-0.4, -0.2) is 87.5 Å². The molecule has 2 aliphatic rings. The number of halogens is 3. The number of hydrogen-bond donors (Lipinski definition) is 2. The highest BCUT2D eigenvalue weighted by atomic mass is 19.4. The Balaban J connectivity index is 1.44. The number of pyridine rings is 2. The summed E-state index contributed by atoms with van der Waals surface area (Å²) in [5.41, 5.74) is 0.255. The van der Waals surface area contributed by atoms with Crippen LogP contribution in [0.25, 0.3) is 11.1 Å². The second-order valence-electron chi connectivity index (χ2n) is 15.1. The number of hydrogen-bond acceptors (Lipinski definition) is 11. The topological polar surface area (TPSA) is 147 Å². The third-order valence-corrected chi connectivity index (χ3v) is 8.27. The number of carbonyl (C=O) groups excluding carboxylic acids is 3. The molecule has 0 saturated carbocycles. The molecule has 2 saturated heterocycles. The summed E-state index contributed by atoms with van der Waals surface area (Å²) in [7, 11) is 0. The number of anilines is 2. The molecule has 0 aromatic carbocycles. The van der Waals surface area contributed by atoms with Gasteiger partial charge in [0.25, 0.3) is 0 Å². The van der Waals surface area contributed by atoms with Gasteiger partial charge in [-0.3, -0.25) is 29.8 Å². The van der Waals surface area contributed by atoms with E-state index in [0.717, 1.165) is 5.56 Å². The number of aliphatic hydroxyl groups excluding tert-OH is 1. The fourth-order valence-corrected chi connectivity index (χ4v) is 6.31. The Bertz CT molecular complexity index is 1720. The molecule has 12 nitrogen and oxygen atoms in total. The van der Waals surface area contributed by atoms with Crippen LogP contribution in [0.4, 0.5) is 29.5 Å². The van der Waals surface area contributed by atoms with Crippen molar-refractivity contribution >= 4 is 40.5 Å². The van der Waals surface area contributed by atoms with Gasteiger partial charge in [-0.25, -0.2) is 4.79 Å². The van der Waals surface area contributed by atoms with E-state index in [9.17, 15) is 32.7 Å². The lowest BCUT2D eigenvalue weighted by molar-refractivity contribution is -0.181. The van der Waals surface area contributed by atoms with Crippen LogP contribution in [0, 0.1) is 11.8 Å². The number of nitrogens with zero attached hydrogens (tertiary/aromatic N) is 4. The van der Waals surface area contributed by atoms with Crippen LogP contribution < -0.4 is 10.2 Å². The Morgan fingerprint density at radius 1 is 1.02 bits per heavy atom. The minimum absolute atomic E-state index is 0.0267. The molecule has 5 heterocycles. The lowest BCUT2D eigenvalue weighted by atomic mass is 9.86. The first-order chi connectivity index (χ1) is 23.2. The number of ketones is 1. The zero-order valence-electron chi connectivity index (χ0n) is 29.1. The maximum Gasteiger partial charge on any atom is 0.414 e. The highest BCUT2D eigenvalue weighted by molar-refractivity contribution is 6.12. The summed E-state index contributed by atoms with van der Waals surface area (Å²) in [4.78, 5) is 51.7. The summed E-state index contributed by atoms with van der Waals surface area (Å²) in [5.74, 6) is -3.64. The van der Waals surface area contributed by atoms with Crippen molar-refractivity contribution in [1.82, 2.24) is 14.9 Å². The van der Waals surface area contributed by atoms with Crippen LogP contribution in [0.3, 0.4) is 0 Å². The first kappa shape index (κ1) is 37.0. The normalized spacial score (nSPS) is 19.3. The molecule has 0 unspecified atom stereocenters. The minimum Gasteiger partial charge on any atom is -0.460 e. The quantitative estimate of drug-likeness (QED) is 0.203. The number of nitrogens with one attached hydrogen (secondary N) is 1. The fraction of sp³-hybridized carbons (Fsp3) is 0.571. The van der Waals surface area contributed by atoms with Gasteiger partial charge in [0.05, 0.1) is 18.4 Å². The van der Waals surface area contributed by atoms with E-state index < -0.39 is 47.1 Å². The SMILES string of the molecule is CC(C)(C)OC(=O)C[C@H]1C[C@@H](C(F)(F)F)CN(c2ccncc2CC(=O)c2c(NC(=O)OC(C)(C)C)oc3cc(CN4CC(O)C4)cnc23)C1. The number of carbonyl (C=O) groups is 3. The molecule has 1 amide bonds. The highest BCUT2D eigenvalue weighted by Gasteiger charge is 2.45. The number of alkyl halides is 3. The molecule has 3 aromatic rings. The number of amides is 1. The van der Waals surface area contributed by atoms with Crippen LogP contribution in [-0.2, 0) is 27.2 Å². The number of furan rings is 1. The van der Waals surface area contributed by atoms with Crippen LogP contribution in [0.5, 0.6) is 0 Å². The van der Waals surface area contributed by atoms with Crippen molar-refractivity contribution in [1.29, 1.82) is 0 Å². The maximum atomic E-state index is 14.2. The Morgan fingerprint density at radius 3 is 2.36 bits per heavy atom. The molecule has 0 radical (unpaired) electrons. The van der Waals surface area contributed by atoms with E-state index >= 15 is 0 Å². The minimum atomic E-state index is -4.51. The number of aromatic nitrogens is 2. The summed E-state index contributed by atoms with van der Waals surface area (Å²) in [6.07, 6.45) is -2.03. The molecule has 0 aliphatic carbocycles. The van der Waals surface area contributed by atoms with E-state index in [1.54, 1.807) is 64.8 Å². The van der Waals surface area contributed by atoms with Crippen LogP contribution in [0.2, 0.25) is 0 Å². The maximum absolute atomic E-state index is 14.2. The monoisotopic (exact) mass is 703 g/mol. The van der Waals surface area contributed by atoms with Crippen LogP contribution in [0.15, 0.2) is 35.1 Å². The molecule has 0 bridgehead atoms. The number of ether oxygens (including phenoxy) is 2. The largest absolute Gasteiger partial charge is 0.460 e. The molecule has 2 aliphatic heterocycles. The average molecular weight is 704 g/mol. The summed E-state index contributed by atoms with van der Waals surface area (Å²) in [6, 6.07) is 3.26. The van der Waals surface area contributed by atoms with Crippen molar-refractivity contribution < 1.29 is 46.6 Å². The summed E-state index contributed by atoms with van der Waals surface area (Å²) < 4.78 is 59.2. The number of piperidine rings is 1. The fourth-order valence-electron chi connectivity index (χ4n) is 6.31. The Hall–Kier alpha value is -4.24. The lowest BCUT2D eigenvalue weighted by Crippen LogP contribution is -2.49. The lowest BCUT2D eigenvalue weighted by Gasteiger charge is -2.40. The third kappa shape index (κ3) is 9.50. The zero-order valence-corrected chi connectivity index (χ0v) is 29.1. The van der Waals surface area contributed by atoms with E-state index in [-0.39, 0.29) is 61.0 Å². The molecule has 15 heteroatoms. The summed E-state index contributed by atoms with van der Waals surface area (Å²) in [5, 5.41) is 12.2. The van der Waals surface area contributed by atoms with Gasteiger partial charge in [0.1, 0.15) is 22.3 Å². The van der Waals surface area contributed by atoms with Gasteiger partial charge >= 0.3 is 18.2 Å². The van der Waals surface area contributed by atoms with E-state index in [1.165, 1.54) is 12.4 Å². The summed E-state index contributed by atoms with van der Waals surface area (Å²) in [6.45, 7) is 11.4. The number of fused-ring (bicyclic) bond motifs is 1. The van der Waals surface area contributed by atoms with Gasteiger partial charge in [-0.2, -0.15) is 13.2 Å². The van der Waals surface area contributed by atoms with Gasteiger partial charge in [0.15, 0.2) is 11.4 Å². The predicted octanol–water partition coefficient (Wildman–Crippen LogP) is 5.91. The molecule has 3 aromatic heterocycles. The standard InChI is InChI=1S/C35H44F3N5O7/c1-33(2,3)49-28(46)11-20-9-23(35(36,37)38)17-43(16-20)25-7-8-39-14-22(25)12-26(45)29-30-27(48-31(29)41-32(47)50-34(4,5)6)10-21(13-40-30)15-42-18-24(44)19-42/h7-8,10,13-14,20,23-24,44H,9,11-12,15-19H2,1-6H3,(H,41,47)/t20-,23-/m1/s1. The Kier molecular flexibility index (Phi) is 10.5. The van der Waals surface area contributed by atoms with Crippen molar-refractivity contribution in [2.45, 2.75) is 90.8 Å². The van der Waals surface area contributed by atoms with E-state index in [4.69, 9.17) is 13.9 Å². The van der Waals surface area contributed by atoms with Gasteiger partial charge in [0.2, 0.25) is 5.88 Å². The molecular weight excluding hydrogens is 659 g/mol. The van der Waals surface area contributed by atoms with Crippen molar-refractivity contribution in [2.75, 3.05) is 36.4 Å². The van der Waals surface area contributed by atoms with Gasteiger partial charge in [-0.05, 0) is 71.6 Å². The van der Waals surface area contributed by atoms with Crippen molar-refractivity contribution in [3.05, 3.63) is 47.4 Å². The first-order valence-corrected chi connectivity index (χ1v) is 16.6. The van der Waals surface area contributed by atoms with Crippen molar-refractivity contribution in [3.8, 4) is 0 Å². The molecule has 2 atom stereocenters. The number of aliphatic hydroxyl groups is 1. The number of esters is 1. The molecule has 0 spiro atoms. The Morgan fingerprint density at radius 2 is 1.72 bits per heavy atom. The van der Waals surface area contributed by atoms with E-state index in [1.807, 2.05) is 4.90 Å². The molecular formula is C35H44F3N5O7. The van der Waals surface area contributed by atoms with Crippen molar-refractivity contribution in [2.24, 2.45) is 11.8 Å². The zero-order chi connectivity index (χ0) is 36.6. The van der Waals surface area contributed by atoms with E-state index in [0.29, 0.717) is 30.9 Å². The number of rotatable bonds is 9. The molecule has 272 valence electrons. The molecule has 5 rings (SSSR count). The van der Waals surface area contributed by atoms with Gasteiger partial charge in [-0.15, -0.1) is 0 Å². The van der Waals surface area contributed by atoms with Gasteiger partial charge in [-0.1, -0.05) is 0 Å². The molecule has 2 fully saturated rings. The predicted molar refractivity (Wildman–Crippen MR) is 178 cm³/mol. The number of Topliss-reactive ketones (excluding diaryl/α,β-unsaturated/α-hetero) is 1. The number of β-amino-alcohol motifs (C(OH)–C–C–N with tert-alkyl or cyclic N) is 1. The smallest absolute Gasteiger partial charge is 0.414 e. The second-order valence-corrected chi connectivity index (χ2v) is 15.1.